The predicted molar refractivity (Wildman–Crippen MR) is 198 cm³/mol. The fraction of sp³-hybridized carbons (Fsp3) is 0.756. The lowest BCUT2D eigenvalue weighted by Crippen LogP contribution is -2.67. The highest BCUT2D eigenvalue weighted by Gasteiger charge is 2.72. The molecule has 0 bridgehead atoms. The molecule has 12 atom stereocenters. The molecule has 0 aromatic heterocycles. The highest BCUT2D eigenvalue weighted by atomic mass is 16.5. The van der Waals surface area contributed by atoms with E-state index in [4.69, 9.17) is 9.47 Å². The van der Waals surface area contributed by atoms with E-state index in [-0.39, 0.29) is 64.1 Å². The maximum Gasteiger partial charge on any atom is 0.309 e. The molecule has 0 heterocycles. The number of fused-ring (bicyclic) bond motifs is 7. The molecule has 1 N–H and O–H groups in total. The number of carbonyl (C=O) groups excluding carboxylic acids is 2. The number of carboxylic acids is 1. The van der Waals surface area contributed by atoms with Crippen LogP contribution >= 0.6 is 0 Å². The summed E-state index contributed by atoms with van der Waals surface area (Å²) >= 11 is 0. The van der Waals surface area contributed by atoms with Crippen molar-refractivity contribution in [3.8, 4) is 0 Å². The molecule has 6 heteroatoms. The Morgan fingerprint density at radius 1 is 0.765 bits per heavy atom. The fourth-order valence-electron chi connectivity index (χ4n) is 14.5. The number of aliphatic carboxylic acids is 1. The van der Waals surface area contributed by atoms with E-state index in [1.54, 1.807) is 0 Å². The van der Waals surface area contributed by atoms with Crippen LogP contribution in [0.25, 0.3) is 0 Å². The minimum absolute atomic E-state index is 0.0909. The molecule has 7 rings (SSSR count). The van der Waals surface area contributed by atoms with Gasteiger partial charge < -0.3 is 14.6 Å². The second-order valence-corrected chi connectivity index (χ2v) is 20.2. The van der Waals surface area contributed by atoms with Crippen LogP contribution in [0.5, 0.6) is 0 Å². The van der Waals surface area contributed by atoms with Crippen LogP contribution in [0.1, 0.15) is 132 Å². The molecule has 2 unspecified atom stereocenters. The quantitative estimate of drug-likeness (QED) is 0.225. The third kappa shape index (κ3) is 5.17. The smallest absolute Gasteiger partial charge is 0.309 e. The Hall–Kier alpha value is -2.63. The summed E-state index contributed by atoms with van der Waals surface area (Å²) in [5, 5.41) is 10.7. The van der Waals surface area contributed by atoms with Gasteiger partial charge in [-0.05, 0) is 134 Å². The average Bonchev–Trinajstić information content (AvgIpc) is 3.47. The Kier molecular flexibility index (Phi) is 8.78. The van der Waals surface area contributed by atoms with Gasteiger partial charge in [-0.1, -0.05) is 91.0 Å². The molecule has 0 radical (unpaired) electrons. The molecular formula is C45H64O6. The first-order valence-corrected chi connectivity index (χ1v) is 20.1. The number of carbonyl (C=O) groups is 3. The zero-order chi connectivity index (χ0) is 36.9. The highest BCUT2D eigenvalue weighted by molar-refractivity contribution is 5.82. The molecule has 1 aromatic carbocycles. The molecule has 0 aliphatic heterocycles. The molecule has 6 aliphatic rings. The molecule has 6 fully saturated rings. The Labute approximate surface area is 306 Å². The summed E-state index contributed by atoms with van der Waals surface area (Å²) in [6.07, 6.45) is 10.3. The lowest BCUT2D eigenvalue weighted by molar-refractivity contribution is -0.252. The lowest BCUT2D eigenvalue weighted by Gasteiger charge is -2.72. The third-order valence-electron chi connectivity index (χ3n) is 17.8. The number of allylic oxidation sites excluding steroid dienone is 1. The molecule has 0 amide bonds. The third-order valence-corrected chi connectivity index (χ3v) is 17.8. The first-order chi connectivity index (χ1) is 23.8. The van der Waals surface area contributed by atoms with E-state index < -0.39 is 16.8 Å². The Balaban J connectivity index is 1.05. The fourth-order valence-corrected chi connectivity index (χ4v) is 14.5. The van der Waals surface area contributed by atoms with Gasteiger partial charge in [0.1, 0.15) is 12.7 Å². The van der Waals surface area contributed by atoms with Gasteiger partial charge >= 0.3 is 17.9 Å². The standard InChI is InChI=1S/C45H64O6/c1-27(2)29-17-22-45(39(48)49)24-23-43(8)30(36(29)45)15-16-34-42(7)20-19-35(41(5,6)33(42)18-21-44(34,43)9)51-38(47)32-25-31(40(32,3)4)37(46)50-26-28-13-11-10-12-14-28/h10-14,29-36H,1,15-26H2,2-9H3,(H,48,49)/t29-,30+,31?,32?,33-,34+,35-,36+,42-,43+,44+,45-/m0/s1. The van der Waals surface area contributed by atoms with Crippen LogP contribution in [0, 0.1) is 73.9 Å². The summed E-state index contributed by atoms with van der Waals surface area (Å²) in [6.45, 7) is 23.2. The van der Waals surface area contributed by atoms with Gasteiger partial charge in [-0.25, -0.2) is 0 Å². The molecular weight excluding hydrogens is 636 g/mol. The molecule has 6 aliphatic carbocycles. The second kappa shape index (κ2) is 12.2. The first-order valence-electron chi connectivity index (χ1n) is 20.1. The number of ether oxygens (including phenoxy) is 2. The maximum absolute atomic E-state index is 13.9. The van der Waals surface area contributed by atoms with Crippen LogP contribution in [0.3, 0.4) is 0 Å². The van der Waals surface area contributed by atoms with Crippen molar-refractivity contribution < 1.29 is 29.0 Å². The van der Waals surface area contributed by atoms with E-state index in [1.165, 1.54) is 5.57 Å². The molecule has 0 saturated heterocycles. The van der Waals surface area contributed by atoms with Crippen molar-refractivity contribution in [2.75, 3.05) is 0 Å². The van der Waals surface area contributed by atoms with Gasteiger partial charge in [0, 0.05) is 5.41 Å². The normalized spacial score (nSPS) is 44.7. The summed E-state index contributed by atoms with van der Waals surface area (Å²) in [7, 11) is 0. The summed E-state index contributed by atoms with van der Waals surface area (Å²) in [6, 6.07) is 9.71. The molecule has 280 valence electrons. The lowest BCUT2D eigenvalue weighted by atomic mass is 9.32. The number of esters is 2. The largest absolute Gasteiger partial charge is 0.481 e. The molecule has 51 heavy (non-hydrogen) atoms. The minimum Gasteiger partial charge on any atom is -0.481 e. The van der Waals surface area contributed by atoms with Crippen molar-refractivity contribution in [1.29, 1.82) is 0 Å². The average molecular weight is 701 g/mol. The van der Waals surface area contributed by atoms with Gasteiger partial charge in [-0.2, -0.15) is 0 Å². The van der Waals surface area contributed by atoms with Crippen molar-refractivity contribution in [3.63, 3.8) is 0 Å². The molecule has 6 nitrogen and oxygen atoms in total. The number of carboxylic acid groups (broad SMARTS) is 1. The van der Waals surface area contributed by atoms with Gasteiger partial charge in [0.25, 0.3) is 0 Å². The maximum atomic E-state index is 13.9. The molecule has 1 aromatic rings. The zero-order valence-corrected chi connectivity index (χ0v) is 32.7. The molecule has 0 spiro atoms. The predicted octanol–water partition coefficient (Wildman–Crippen LogP) is 10.0. The van der Waals surface area contributed by atoms with Crippen LogP contribution in [-0.4, -0.2) is 29.1 Å². The Bertz CT molecular complexity index is 1580. The first kappa shape index (κ1) is 36.7. The van der Waals surface area contributed by atoms with Gasteiger partial charge in [-0.15, -0.1) is 0 Å². The van der Waals surface area contributed by atoms with Gasteiger partial charge in [-0.3, -0.25) is 14.4 Å². The van der Waals surface area contributed by atoms with Crippen LogP contribution < -0.4 is 0 Å². The van der Waals surface area contributed by atoms with E-state index in [0.29, 0.717) is 30.1 Å². The van der Waals surface area contributed by atoms with E-state index in [2.05, 4.69) is 48.1 Å². The summed E-state index contributed by atoms with van der Waals surface area (Å²) in [4.78, 5) is 40.0. The van der Waals surface area contributed by atoms with E-state index >= 15 is 0 Å². The summed E-state index contributed by atoms with van der Waals surface area (Å²) < 4.78 is 12.2. The van der Waals surface area contributed by atoms with E-state index in [9.17, 15) is 19.5 Å². The summed E-state index contributed by atoms with van der Waals surface area (Å²) in [5.41, 5.74) is 1.20. The second-order valence-electron chi connectivity index (χ2n) is 20.2. The van der Waals surface area contributed by atoms with Gasteiger partial charge in [0.15, 0.2) is 0 Å². The van der Waals surface area contributed by atoms with Crippen molar-refractivity contribution in [2.45, 2.75) is 139 Å². The van der Waals surface area contributed by atoms with E-state index in [0.717, 1.165) is 69.8 Å². The van der Waals surface area contributed by atoms with Crippen LogP contribution in [0.15, 0.2) is 42.5 Å². The number of hydrogen-bond donors (Lipinski definition) is 1. The van der Waals surface area contributed by atoms with Crippen molar-refractivity contribution in [2.24, 2.45) is 73.9 Å². The van der Waals surface area contributed by atoms with Crippen LogP contribution in [0.2, 0.25) is 0 Å². The van der Waals surface area contributed by atoms with Crippen molar-refractivity contribution in [1.82, 2.24) is 0 Å². The van der Waals surface area contributed by atoms with Crippen LogP contribution in [-0.2, 0) is 30.5 Å². The topological polar surface area (TPSA) is 89.9 Å². The zero-order valence-electron chi connectivity index (χ0n) is 32.7. The van der Waals surface area contributed by atoms with Gasteiger partial charge in [0.2, 0.25) is 0 Å². The van der Waals surface area contributed by atoms with Crippen LogP contribution in [0.4, 0.5) is 0 Å². The van der Waals surface area contributed by atoms with Crippen molar-refractivity contribution in [3.05, 3.63) is 48.0 Å². The van der Waals surface area contributed by atoms with Gasteiger partial charge in [0.05, 0.1) is 17.3 Å². The Morgan fingerprint density at radius 2 is 1.45 bits per heavy atom. The summed E-state index contributed by atoms with van der Waals surface area (Å²) in [5.74, 6) is 0.286. The monoisotopic (exact) mass is 700 g/mol. The van der Waals surface area contributed by atoms with Crippen molar-refractivity contribution >= 4 is 17.9 Å². The molecule has 6 saturated carbocycles. The number of benzene rings is 1. The highest BCUT2D eigenvalue weighted by Crippen LogP contribution is 2.77. The Morgan fingerprint density at radius 3 is 2.10 bits per heavy atom. The number of rotatable bonds is 7. The number of hydrogen-bond acceptors (Lipinski definition) is 5. The van der Waals surface area contributed by atoms with E-state index in [1.807, 2.05) is 44.2 Å². The SMILES string of the molecule is C=C(C)[C@@H]1CC[C@]2(C(=O)O)CC[C@]3(C)[C@H](CC[C@@H]4[C@@]5(C)CC[C@H](OC(=O)C6CC(C(=O)OCc7ccccc7)C6(C)C)C(C)(C)[C@@H]5CC[C@]43C)[C@@H]12. The minimum atomic E-state index is -0.598.